The van der Waals surface area contributed by atoms with Crippen LogP contribution in [0, 0.1) is 12.8 Å². The lowest BCUT2D eigenvalue weighted by Crippen LogP contribution is -2.29. The van der Waals surface area contributed by atoms with Gasteiger partial charge in [-0.05, 0) is 32.0 Å². The minimum absolute atomic E-state index is 0.791. The van der Waals surface area contributed by atoms with Crippen LogP contribution >= 0.6 is 0 Å². The van der Waals surface area contributed by atoms with Crippen molar-refractivity contribution < 1.29 is 0 Å². The van der Waals surface area contributed by atoms with E-state index in [0.29, 0.717) is 0 Å². The number of hydrogen-bond acceptors (Lipinski definition) is 2. The quantitative estimate of drug-likeness (QED) is 0.778. The van der Waals surface area contributed by atoms with Gasteiger partial charge in [0.2, 0.25) is 0 Å². The van der Waals surface area contributed by atoms with Crippen molar-refractivity contribution in [2.45, 2.75) is 27.2 Å². The van der Waals surface area contributed by atoms with Gasteiger partial charge in [0.1, 0.15) is 0 Å². The predicted octanol–water partition coefficient (Wildman–Crippen LogP) is 3.38. The topological polar surface area (TPSA) is 15.3 Å². The SMILES string of the molecule is CCC(C)CN(C)CCNc1ccc(C)cc1. The van der Waals surface area contributed by atoms with Crippen molar-refractivity contribution in [3.8, 4) is 0 Å². The molecular weight excluding hydrogens is 208 g/mol. The maximum Gasteiger partial charge on any atom is 0.0340 e. The fourth-order valence-corrected chi connectivity index (χ4v) is 1.81. The molecule has 1 unspecified atom stereocenters. The second-order valence-electron chi connectivity index (χ2n) is 5.07. The molecule has 1 rings (SSSR count). The second kappa shape index (κ2) is 7.33. The van der Waals surface area contributed by atoms with E-state index in [1.165, 1.54) is 24.2 Å². The van der Waals surface area contributed by atoms with Crippen LogP contribution in [0.4, 0.5) is 5.69 Å². The fraction of sp³-hybridized carbons (Fsp3) is 0.600. The van der Waals surface area contributed by atoms with E-state index in [1.54, 1.807) is 0 Å². The van der Waals surface area contributed by atoms with Crippen molar-refractivity contribution in [3.05, 3.63) is 29.8 Å². The Balaban J connectivity index is 2.21. The van der Waals surface area contributed by atoms with Gasteiger partial charge in [0, 0.05) is 25.3 Å². The summed E-state index contributed by atoms with van der Waals surface area (Å²) in [6.07, 6.45) is 1.26. The summed E-state index contributed by atoms with van der Waals surface area (Å²) in [4.78, 5) is 2.40. The molecule has 0 aliphatic rings. The minimum atomic E-state index is 0.791. The lowest BCUT2D eigenvalue weighted by atomic mass is 10.1. The first-order chi connectivity index (χ1) is 8.11. The van der Waals surface area contributed by atoms with Crippen molar-refractivity contribution in [2.24, 2.45) is 5.92 Å². The van der Waals surface area contributed by atoms with Gasteiger partial charge in [0.05, 0.1) is 0 Å². The predicted molar refractivity (Wildman–Crippen MR) is 76.6 cm³/mol. The maximum absolute atomic E-state index is 3.45. The first-order valence-electron chi connectivity index (χ1n) is 6.61. The van der Waals surface area contributed by atoms with Gasteiger partial charge in [-0.3, -0.25) is 0 Å². The molecule has 0 radical (unpaired) electrons. The summed E-state index contributed by atoms with van der Waals surface area (Å²) in [5.74, 6) is 0.791. The molecule has 2 nitrogen and oxygen atoms in total. The van der Waals surface area contributed by atoms with Crippen LogP contribution in [-0.4, -0.2) is 31.6 Å². The minimum Gasteiger partial charge on any atom is -0.384 e. The molecule has 17 heavy (non-hydrogen) atoms. The van der Waals surface area contributed by atoms with E-state index in [4.69, 9.17) is 0 Å². The molecule has 0 aliphatic heterocycles. The number of anilines is 1. The summed E-state index contributed by atoms with van der Waals surface area (Å²) >= 11 is 0. The molecule has 96 valence electrons. The van der Waals surface area contributed by atoms with Crippen LogP contribution in [0.5, 0.6) is 0 Å². The van der Waals surface area contributed by atoms with Crippen molar-refractivity contribution in [1.29, 1.82) is 0 Å². The summed E-state index contributed by atoms with van der Waals surface area (Å²) in [5.41, 5.74) is 2.52. The summed E-state index contributed by atoms with van der Waals surface area (Å²) in [6, 6.07) is 8.57. The molecule has 1 aromatic carbocycles. The van der Waals surface area contributed by atoms with Crippen molar-refractivity contribution in [1.82, 2.24) is 4.90 Å². The zero-order valence-corrected chi connectivity index (χ0v) is 11.7. The zero-order chi connectivity index (χ0) is 12.7. The molecule has 0 bridgehead atoms. The molecule has 1 atom stereocenters. The Bertz CT molecular complexity index is 305. The molecule has 0 saturated carbocycles. The van der Waals surface area contributed by atoms with Crippen molar-refractivity contribution in [2.75, 3.05) is 32.0 Å². The Morgan fingerprint density at radius 1 is 1.24 bits per heavy atom. The molecule has 0 fully saturated rings. The van der Waals surface area contributed by atoms with Gasteiger partial charge in [-0.25, -0.2) is 0 Å². The Kier molecular flexibility index (Phi) is 6.06. The van der Waals surface area contributed by atoms with E-state index < -0.39 is 0 Å². The van der Waals surface area contributed by atoms with Crippen LogP contribution in [0.1, 0.15) is 25.8 Å². The van der Waals surface area contributed by atoms with E-state index in [9.17, 15) is 0 Å². The molecule has 1 aromatic rings. The standard InChI is InChI=1S/C15H26N2/c1-5-13(2)12-17(4)11-10-16-15-8-6-14(3)7-9-15/h6-9,13,16H,5,10-12H2,1-4H3. The largest absolute Gasteiger partial charge is 0.384 e. The van der Waals surface area contributed by atoms with Gasteiger partial charge in [-0.1, -0.05) is 38.0 Å². The fourth-order valence-electron chi connectivity index (χ4n) is 1.81. The van der Waals surface area contributed by atoms with Gasteiger partial charge < -0.3 is 10.2 Å². The lowest BCUT2D eigenvalue weighted by molar-refractivity contribution is 0.291. The molecule has 0 heterocycles. The van der Waals surface area contributed by atoms with Gasteiger partial charge in [0.25, 0.3) is 0 Å². The maximum atomic E-state index is 3.45. The molecule has 0 aromatic heterocycles. The molecule has 1 N–H and O–H groups in total. The number of hydrogen-bond donors (Lipinski definition) is 1. The van der Waals surface area contributed by atoms with Crippen LogP contribution in [-0.2, 0) is 0 Å². The molecular formula is C15H26N2. The Morgan fingerprint density at radius 3 is 2.47 bits per heavy atom. The Labute approximate surface area is 106 Å². The number of rotatable bonds is 7. The summed E-state index contributed by atoms with van der Waals surface area (Å²) in [7, 11) is 2.20. The zero-order valence-electron chi connectivity index (χ0n) is 11.7. The highest BCUT2D eigenvalue weighted by Crippen LogP contribution is 2.08. The average molecular weight is 234 g/mol. The Morgan fingerprint density at radius 2 is 1.88 bits per heavy atom. The van der Waals surface area contributed by atoms with E-state index >= 15 is 0 Å². The van der Waals surface area contributed by atoms with E-state index in [1.807, 2.05) is 0 Å². The normalized spacial score (nSPS) is 12.8. The van der Waals surface area contributed by atoms with E-state index in [2.05, 4.69) is 62.3 Å². The van der Waals surface area contributed by atoms with Gasteiger partial charge in [-0.2, -0.15) is 0 Å². The van der Waals surface area contributed by atoms with E-state index in [0.717, 1.165) is 19.0 Å². The third-order valence-electron chi connectivity index (χ3n) is 3.19. The monoisotopic (exact) mass is 234 g/mol. The molecule has 2 heteroatoms. The van der Waals surface area contributed by atoms with Gasteiger partial charge in [-0.15, -0.1) is 0 Å². The number of aryl methyl sites for hydroxylation is 1. The van der Waals surface area contributed by atoms with Crippen molar-refractivity contribution in [3.63, 3.8) is 0 Å². The second-order valence-corrected chi connectivity index (χ2v) is 5.07. The number of likely N-dealkylation sites (N-methyl/N-ethyl adjacent to an activating group) is 1. The third kappa shape index (κ3) is 5.73. The number of nitrogens with one attached hydrogen (secondary N) is 1. The van der Waals surface area contributed by atoms with Gasteiger partial charge in [0.15, 0.2) is 0 Å². The van der Waals surface area contributed by atoms with E-state index in [-0.39, 0.29) is 0 Å². The van der Waals surface area contributed by atoms with Crippen LogP contribution in [0.15, 0.2) is 24.3 Å². The first-order valence-corrected chi connectivity index (χ1v) is 6.61. The summed E-state index contributed by atoms with van der Waals surface area (Å²) in [6.45, 7) is 9.97. The smallest absolute Gasteiger partial charge is 0.0340 e. The van der Waals surface area contributed by atoms with Crippen LogP contribution in [0.3, 0.4) is 0 Å². The first kappa shape index (κ1) is 14.0. The number of nitrogens with zero attached hydrogens (tertiary/aromatic N) is 1. The van der Waals surface area contributed by atoms with Gasteiger partial charge >= 0.3 is 0 Å². The van der Waals surface area contributed by atoms with Crippen molar-refractivity contribution >= 4 is 5.69 Å². The average Bonchev–Trinajstić information content (AvgIpc) is 2.31. The third-order valence-corrected chi connectivity index (χ3v) is 3.19. The molecule has 0 aliphatic carbocycles. The molecule has 0 spiro atoms. The highest BCUT2D eigenvalue weighted by atomic mass is 15.1. The number of benzene rings is 1. The van der Waals surface area contributed by atoms with Crippen LogP contribution in [0.25, 0.3) is 0 Å². The van der Waals surface area contributed by atoms with Crippen LogP contribution in [0.2, 0.25) is 0 Å². The molecule has 0 saturated heterocycles. The Hall–Kier alpha value is -1.02. The summed E-state index contributed by atoms with van der Waals surface area (Å²) < 4.78 is 0. The lowest BCUT2D eigenvalue weighted by Gasteiger charge is -2.20. The van der Waals surface area contributed by atoms with Crippen LogP contribution < -0.4 is 5.32 Å². The highest BCUT2D eigenvalue weighted by Gasteiger charge is 2.03. The molecule has 0 amide bonds. The highest BCUT2D eigenvalue weighted by molar-refractivity contribution is 5.44. The summed E-state index contributed by atoms with van der Waals surface area (Å²) in [5, 5.41) is 3.45.